The predicted molar refractivity (Wildman–Crippen MR) is 75.9 cm³/mol. The van der Waals surface area contributed by atoms with E-state index in [2.05, 4.69) is 5.32 Å². The normalized spacial score (nSPS) is 13.9. The highest BCUT2D eigenvalue weighted by atomic mass is 35.5. The van der Waals surface area contributed by atoms with Gasteiger partial charge in [0.1, 0.15) is 6.10 Å². The number of rotatable bonds is 6. The van der Waals surface area contributed by atoms with Crippen LogP contribution in [0.2, 0.25) is 0 Å². The number of carbonyl (C=O) groups excluding carboxylic acids is 2. The summed E-state index contributed by atoms with van der Waals surface area (Å²) in [6.45, 7) is 0.950. The maximum Gasteiger partial charge on any atom is 0.253 e. The van der Waals surface area contributed by atoms with Crippen LogP contribution in [0.3, 0.4) is 0 Å². The minimum absolute atomic E-state index is 0.0924. The van der Waals surface area contributed by atoms with Crippen LogP contribution >= 0.6 is 23.2 Å². The van der Waals surface area contributed by atoms with Gasteiger partial charge in [-0.25, -0.2) is 0 Å². The summed E-state index contributed by atoms with van der Waals surface area (Å²) < 4.78 is 0. The highest BCUT2D eigenvalue weighted by molar-refractivity contribution is 6.53. The van der Waals surface area contributed by atoms with E-state index in [0.29, 0.717) is 11.1 Å². The number of alkyl halides is 2. The Hall–Kier alpha value is -1.14. The Morgan fingerprint density at radius 2 is 1.80 bits per heavy atom. The van der Waals surface area contributed by atoms with Crippen molar-refractivity contribution >= 4 is 34.9 Å². The van der Waals surface area contributed by atoms with Crippen LogP contribution in [-0.2, 0) is 4.79 Å². The number of aliphatic hydroxyl groups excluding tert-OH is 2. The van der Waals surface area contributed by atoms with Crippen molar-refractivity contribution in [3.63, 3.8) is 0 Å². The zero-order valence-electron chi connectivity index (χ0n) is 10.7. The Balaban J connectivity index is 2.82. The number of amides is 1. The van der Waals surface area contributed by atoms with Crippen LogP contribution < -0.4 is 5.32 Å². The van der Waals surface area contributed by atoms with Gasteiger partial charge in [-0.1, -0.05) is 47.5 Å². The third-order valence-electron chi connectivity index (χ3n) is 2.76. The van der Waals surface area contributed by atoms with Crippen LogP contribution in [0.4, 0.5) is 0 Å². The van der Waals surface area contributed by atoms with E-state index in [4.69, 9.17) is 23.2 Å². The molecular formula is C13H15Cl2NO4. The van der Waals surface area contributed by atoms with E-state index in [1.165, 1.54) is 6.92 Å². The Morgan fingerprint density at radius 3 is 2.20 bits per heavy atom. The van der Waals surface area contributed by atoms with Crippen molar-refractivity contribution in [2.45, 2.75) is 23.9 Å². The van der Waals surface area contributed by atoms with Crippen molar-refractivity contribution in [2.24, 2.45) is 0 Å². The number of aliphatic hydroxyl groups is 2. The number of hydrogen-bond donors (Lipinski definition) is 3. The summed E-state index contributed by atoms with van der Waals surface area (Å²) in [5.41, 5.74) is 0.960. The van der Waals surface area contributed by atoms with Crippen molar-refractivity contribution in [3.8, 4) is 0 Å². The molecule has 0 radical (unpaired) electrons. The first-order valence-corrected chi connectivity index (χ1v) is 6.72. The molecule has 1 rings (SSSR count). The monoisotopic (exact) mass is 319 g/mol. The summed E-state index contributed by atoms with van der Waals surface area (Å²) in [6.07, 6.45) is -1.14. The number of nitrogens with one attached hydrogen (secondary N) is 1. The first kappa shape index (κ1) is 16.9. The van der Waals surface area contributed by atoms with Crippen molar-refractivity contribution < 1.29 is 19.8 Å². The van der Waals surface area contributed by atoms with E-state index in [1.54, 1.807) is 24.3 Å². The number of ketones is 1. The first-order valence-electron chi connectivity index (χ1n) is 5.85. The Morgan fingerprint density at radius 1 is 1.25 bits per heavy atom. The van der Waals surface area contributed by atoms with Gasteiger partial charge in [-0.05, 0) is 12.5 Å². The Bertz CT molecular complexity index is 476. The molecule has 0 aliphatic rings. The van der Waals surface area contributed by atoms with Crippen LogP contribution in [0.25, 0.3) is 0 Å². The number of halogens is 2. The van der Waals surface area contributed by atoms with Crippen molar-refractivity contribution in [3.05, 3.63) is 35.4 Å². The second-order valence-electron chi connectivity index (χ2n) is 4.22. The molecule has 7 heteroatoms. The van der Waals surface area contributed by atoms with Crippen molar-refractivity contribution in [2.75, 3.05) is 6.61 Å². The summed E-state index contributed by atoms with van der Waals surface area (Å²) in [5, 5.41) is 21.6. The fourth-order valence-electron chi connectivity index (χ4n) is 1.62. The van der Waals surface area contributed by atoms with E-state index >= 15 is 0 Å². The molecule has 1 aromatic rings. The van der Waals surface area contributed by atoms with E-state index in [0.717, 1.165) is 0 Å². The Labute approximate surface area is 126 Å². The number of Topliss-reactive ketones (excluding diaryl/α,β-unsaturated/α-hetero) is 1. The second-order valence-corrected chi connectivity index (χ2v) is 5.32. The highest BCUT2D eigenvalue weighted by Crippen LogP contribution is 2.18. The number of hydrogen-bond acceptors (Lipinski definition) is 4. The summed E-state index contributed by atoms with van der Waals surface area (Å²) in [4.78, 5) is 21.2. The summed E-state index contributed by atoms with van der Waals surface area (Å²) in [6, 6.07) is 5.28. The molecule has 0 fully saturated rings. The highest BCUT2D eigenvalue weighted by Gasteiger charge is 2.24. The lowest BCUT2D eigenvalue weighted by Crippen LogP contribution is -2.44. The molecule has 0 heterocycles. The lowest BCUT2D eigenvalue weighted by molar-refractivity contribution is -0.121. The minimum Gasteiger partial charge on any atom is -0.394 e. The first-order chi connectivity index (χ1) is 9.36. The molecule has 2 atom stereocenters. The number of benzene rings is 1. The van der Waals surface area contributed by atoms with E-state index in [-0.39, 0.29) is 5.78 Å². The zero-order valence-corrected chi connectivity index (χ0v) is 12.2. The molecule has 0 spiro atoms. The molecule has 1 amide bonds. The van der Waals surface area contributed by atoms with Crippen molar-refractivity contribution in [1.82, 2.24) is 5.32 Å². The fourth-order valence-corrected chi connectivity index (χ4v) is 1.74. The molecule has 0 saturated carbocycles. The quantitative estimate of drug-likeness (QED) is 0.543. The zero-order chi connectivity index (χ0) is 15.3. The van der Waals surface area contributed by atoms with Gasteiger partial charge < -0.3 is 15.5 Å². The van der Waals surface area contributed by atoms with Gasteiger partial charge in [0, 0.05) is 5.56 Å². The molecule has 110 valence electrons. The number of carbonyl (C=O) groups is 2. The van der Waals surface area contributed by atoms with E-state index in [1.807, 2.05) is 0 Å². The predicted octanol–water partition coefficient (Wildman–Crippen LogP) is 1.20. The van der Waals surface area contributed by atoms with Crippen LogP contribution in [0.1, 0.15) is 28.9 Å². The smallest absolute Gasteiger partial charge is 0.253 e. The largest absolute Gasteiger partial charge is 0.394 e. The van der Waals surface area contributed by atoms with E-state index in [9.17, 15) is 19.8 Å². The topological polar surface area (TPSA) is 86.6 Å². The molecule has 1 aromatic carbocycles. The maximum absolute atomic E-state index is 11.3. The summed E-state index contributed by atoms with van der Waals surface area (Å²) >= 11 is 10.8. The molecule has 0 bridgehead atoms. The average Bonchev–Trinajstić information content (AvgIpc) is 2.43. The van der Waals surface area contributed by atoms with Crippen LogP contribution in [0, 0.1) is 0 Å². The molecule has 0 saturated heterocycles. The second kappa shape index (κ2) is 7.59. The van der Waals surface area contributed by atoms with Gasteiger partial charge in [-0.2, -0.15) is 0 Å². The van der Waals surface area contributed by atoms with Crippen LogP contribution in [0.15, 0.2) is 24.3 Å². The van der Waals surface area contributed by atoms with Gasteiger partial charge in [0.25, 0.3) is 5.91 Å². The Kier molecular flexibility index (Phi) is 6.42. The molecular weight excluding hydrogens is 305 g/mol. The lowest BCUT2D eigenvalue weighted by Gasteiger charge is -2.23. The molecule has 20 heavy (non-hydrogen) atoms. The average molecular weight is 320 g/mol. The fraction of sp³-hybridized carbons (Fsp3) is 0.385. The summed E-state index contributed by atoms with van der Waals surface area (Å²) in [7, 11) is 0. The van der Waals surface area contributed by atoms with Gasteiger partial charge >= 0.3 is 0 Å². The van der Waals surface area contributed by atoms with Gasteiger partial charge in [-0.15, -0.1) is 0 Å². The standard InChI is InChI=1S/C13H15Cl2NO4/c1-7(18)8-2-4-9(5-3-8)11(19)10(6-17)16-13(20)12(14)15/h2-5,10-12,17,19H,6H2,1H3,(H,16,20)/t10-,11+/m1/s1. The van der Waals surface area contributed by atoms with Crippen LogP contribution in [0.5, 0.6) is 0 Å². The SMILES string of the molecule is CC(=O)c1ccc([C@H](O)[C@@H](CO)NC(=O)C(Cl)Cl)cc1. The molecule has 0 unspecified atom stereocenters. The minimum atomic E-state index is -1.28. The third-order valence-corrected chi connectivity index (χ3v) is 3.16. The molecule has 0 aliphatic heterocycles. The molecule has 3 N–H and O–H groups in total. The maximum atomic E-state index is 11.3. The van der Waals surface area contributed by atoms with Crippen LogP contribution in [-0.4, -0.2) is 39.4 Å². The van der Waals surface area contributed by atoms with Crippen molar-refractivity contribution in [1.29, 1.82) is 0 Å². The molecule has 5 nitrogen and oxygen atoms in total. The van der Waals surface area contributed by atoms with Gasteiger partial charge in [0.15, 0.2) is 10.6 Å². The molecule has 0 aromatic heterocycles. The van der Waals surface area contributed by atoms with E-state index < -0.39 is 29.5 Å². The summed E-state index contributed by atoms with van der Waals surface area (Å²) in [5.74, 6) is -0.794. The van der Waals surface area contributed by atoms with Gasteiger partial charge in [0.2, 0.25) is 0 Å². The lowest BCUT2D eigenvalue weighted by atomic mass is 10.0. The van der Waals surface area contributed by atoms with Gasteiger partial charge in [0.05, 0.1) is 12.6 Å². The third kappa shape index (κ3) is 4.45. The molecule has 0 aliphatic carbocycles. The van der Waals surface area contributed by atoms with Gasteiger partial charge in [-0.3, -0.25) is 9.59 Å².